The second-order valence-corrected chi connectivity index (χ2v) is 5.89. The fraction of sp³-hybridized carbons (Fsp3) is 1.00. The molecule has 0 aliphatic carbocycles. The average Bonchev–Trinajstić information content (AvgIpc) is 2.28. The molecule has 1 atom stereocenters. The van der Waals surface area contributed by atoms with Gasteiger partial charge in [-0.15, -0.1) is 0 Å². The molecule has 3 nitrogen and oxygen atoms in total. The van der Waals surface area contributed by atoms with E-state index in [0.717, 1.165) is 19.6 Å². The van der Waals surface area contributed by atoms with Crippen molar-refractivity contribution in [2.24, 2.45) is 5.41 Å². The topological polar surface area (TPSA) is 26.7 Å². The van der Waals surface area contributed by atoms with Crippen LogP contribution in [0.3, 0.4) is 0 Å². The van der Waals surface area contributed by atoms with Gasteiger partial charge in [-0.2, -0.15) is 0 Å². The Bertz CT molecular complexity index is 198. The Morgan fingerprint density at radius 2 is 1.75 bits per heavy atom. The summed E-state index contributed by atoms with van der Waals surface area (Å²) in [6.07, 6.45) is 1.24. The fourth-order valence-corrected chi connectivity index (χ4v) is 2.28. The van der Waals surface area contributed by atoms with Gasteiger partial charge >= 0.3 is 0 Å². The molecule has 0 radical (unpaired) electrons. The number of nitrogens with zero attached hydrogens (tertiary/aromatic N) is 2. The normalized spacial score (nSPS) is 22.3. The minimum atomic E-state index is 0.0402. The lowest BCUT2D eigenvalue weighted by molar-refractivity contribution is 0.0533. The Morgan fingerprint density at radius 3 is 2.19 bits per heavy atom. The summed E-state index contributed by atoms with van der Waals surface area (Å²) in [5.74, 6) is 0. The highest BCUT2D eigenvalue weighted by Crippen LogP contribution is 2.17. The van der Waals surface area contributed by atoms with Gasteiger partial charge in [0.25, 0.3) is 0 Å². The Balaban J connectivity index is 2.32. The van der Waals surface area contributed by atoms with Crippen LogP contribution in [0.2, 0.25) is 0 Å². The maximum Gasteiger partial charge on any atom is 0.0494 e. The molecular weight excluding hydrogens is 200 g/mol. The van der Waals surface area contributed by atoms with Gasteiger partial charge in [-0.05, 0) is 13.3 Å². The van der Waals surface area contributed by atoms with Gasteiger partial charge in [0.05, 0.1) is 0 Å². The Labute approximate surface area is 100 Å². The first-order valence-electron chi connectivity index (χ1n) is 6.56. The second-order valence-electron chi connectivity index (χ2n) is 5.89. The van der Waals surface area contributed by atoms with E-state index >= 15 is 0 Å². The molecule has 16 heavy (non-hydrogen) atoms. The fourth-order valence-electron chi connectivity index (χ4n) is 2.28. The van der Waals surface area contributed by atoms with Crippen LogP contribution in [0.25, 0.3) is 0 Å². The third kappa shape index (κ3) is 4.04. The third-order valence-electron chi connectivity index (χ3n) is 3.70. The van der Waals surface area contributed by atoms with Crippen LogP contribution in [0, 0.1) is 5.41 Å². The molecule has 1 saturated heterocycles. The molecule has 0 spiro atoms. The van der Waals surface area contributed by atoms with Crippen LogP contribution in [0.1, 0.15) is 34.1 Å². The zero-order chi connectivity index (χ0) is 12.2. The van der Waals surface area contributed by atoms with Crippen LogP contribution in [0.15, 0.2) is 0 Å². The molecule has 0 aromatic heterocycles. The molecule has 1 unspecified atom stereocenters. The van der Waals surface area contributed by atoms with Crippen molar-refractivity contribution in [2.75, 3.05) is 39.3 Å². The Morgan fingerprint density at radius 1 is 1.19 bits per heavy atom. The minimum absolute atomic E-state index is 0.0402. The van der Waals surface area contributed by atoms with E-state index in [1.807, 2.05) is 0 Å². The first-order valence-corrected chi connectivity index (χ1v) is 6.56. The van der Waals surface area contributed by atoms with E-state index in [9.17, 15) is 5.11 Å². The number of hydrogen-bond acceptors (Lipinski definition) is 3. The predicted octanol–water partition coefficient (Wildman–Crippen LogP) is 1.42. The van der Waals surface area contributed by atoms with Crippen LogP contribution >= 0.6 is 0 Å². The number of aliphatic hydroxyl groups excluding tert-OH is 1. The summed E-state index contributed by atoms with van der Waals surface area (Å²) in [7, 11) is 0. The molecule has 0 aromatic carbocycles. The van der Waals surface area contributed by atoms with Crippen molar-refractivity contribution in [1.82, 2.24) is 9.80 Å². The maximum absolute atomic E-state index is 9.27. The van der Waals surface area contributed by atoms with Gasteiger partial charge in [0.1, 0.15) is 0 Å². The highest BCUT2D eigenvalue weighted by molar-refractivity contribution is 4.79. The molecule has 96 valence electrons. The molecule has 1 fully saturated rings. The van der Waals surface area contributed by atoms with Gasteiger partial charge in [0, 0.05) is 50.8 Å². The highest BCUT2D eigenvalue weighted by atomic mass is 16.3. The van der Waals surface area contributed by atoms with E-state index in [1.54, 1.807) is 0 Å². The number of rotatable bonds is 5. The molecule has 1 rings (SSSR count). The monoisotopic (exact) mass is 228 g/mol. The molecule has 0 amide bonds. The summed E-state index contributed by atoms with van der Waals surface area (Å²) < 4.78 is 0. The van der Waals surface area contributed by atoms with E-state index in [-0.39, 0.29) is 12.0 Å². The van der Waals surface area contributed by atoms with Crippen molar-refractivity contribution >= 4 is 0 Å². The molecule has 1 aliphatic rings. The SMILES string of the molecule is CCC(C)N1CCN(CC(C)(C)CO)CC1. The minimum Gasteiger partial charge on any atom is -0.396 e. The largest absolute Gasteiger partial charge is 0.396 e. The number of piperazine rings is 1. The van der Waals surface area contributed by atoms with Crippen molar-refractivity contribution in [3.05, 3.63) is 0 Å². The van der Waals surface area contributed by atoms with E-state index in [2.05, 4.69) is 37.5 Å². The van der Waals surface area contributed by atoms with Crippen LogP contribution in [-0.2, 0) is 0 Å². The van der Waals surface area contributed by atoms with Gasteiger partial charge in [0.15, 0.2) is 0 Å². The summed E-state index contributed by atoms with van der Waals surface area (Å²) in [5, 5.41) is 9.27. The van der Waals surface area contributed by atoms with Gasteiger partial charge < -0.3 is 10.0 Å². The van der Waals surface area contributed by atoms with Crippen molar-refractivity contribution in [3.8, 4) is 0 Å². The van der Waals surface area contributed by atoms with Gasteiger partial charge in [-0.1, -0.05) is 20.8 Å². The summed E-state index contributed by atoms with van der Waals surface area (Å²) in [6, 6.07) is 0.716. The van der Waals surface area contributed by atoms with Crippen LogP contribution in [-0.4, -0.2) is 60.3 Å². The number of hydrogen-bond donors (Lipinski definition) is 1. The van der Waals surface area contributed by atoms with Crippen LogP contribution in [0.5, 0.6) is 0 Å². The molecular formula is C13H28N2O. The zero-order valence-electron chi connectivity index (χ0n) is 11.4. The van der Waals surface area contributed by atoms with E-state index < -0.39 is 0 Å². The van der Waals surface area contributed by atoms with E-state index in [0.29, 0.717) is 6.04 Å². The molecule has 0 aromatic rings. The van der Waals surface area contributed by atoms with Crippen molar-refractivity contribution < 1.29 is 5.11 Å². The summed E-state index contributed by atoms with van der Waals surface area (Å²) in [6.45, 7) is 14.8. The van der Waals surface area contributed by atoms with Gasteiger partial charge in [-0.3, -0.25) is 4.90 Å². The predicted molar refractivity (Wildman–Crippen MR) is 68.6 cm³/mol. The van der Waals surface area contributed by atoms with Crippen molar-refractivity contribution in [2.45, 2.75) is 40.2 Å². The molecule has 1 aliphatic heterocycles. The van der Waals surface area contributed by atoms with Crippen molar-refractivity contribution in [1.29, 1.82) is 0 Å². The van der Waals surface area contributed by atoms with Gasteiger partial charge in [0.2, 0.25) is 0 Å². The van der Waals surface area contributed by atoms with Gasteiger partial charge in [-0.25, -0.2) is 0 Å². The smallest absolute Gasteiger partial charge is 0.0494 e. The number of aliphatic hydroxyl groups is 1. The van der Waals surface area contributed by atoms with Crippen LogP contribution in [0.4, 0.5) is 0 Å². The lowest BCUT2D eigenvalue weighted by atomic mass is 9.94. The molecule has 0 saturated carbocycles. The second kappa shape index (κ2) is 5.99. The summed E-state index contributed by atoms with van der Waals surface area (Å²) >= 11 is 0. The van der Waals surface area contributed by atoms with E-state index in [1.165, 1.54) is 19.5 Å². The average molecular weight is 228 g/mol. The standard InChI is InChI=1S/C13H28N2O/c1-5-12(2)15-8-6-14(7-9-15)10-13(3,4)11-16/h12,16H,5-11H2,1-4H3. The Kier molecular flexibility index (Phi) is 5.22. The molecule has 1 N–H and O–H groups in total. The Hall–Kier alpha value is -0.120. The lowest BCUT2D eigenvalue weighted by Gasteiger charge is -2.40. The van der Waals surface area contributed by atoms with Crippen molar-refractivity contribution in [3.63, 3.8) is 0 Å². The molecule has 0 bridgehead atoms. The molecule has 1 heterocycles. The van der Waals surface area contributed by atoms with Crippen LogP contribution < -0.4 is 0 Å². The maximum atomic E-state index is 9.27. The summed E-state index contributed by atoms with van der Waals surface area (Å²) in [4.78, 5) is 5.05. The van der Waals surface area contributed by atoms with E-state index in [4.69, 9.17) is 0 Å². The summed E-state index contributed by atoms with van der Waals surface area (Å²) in [5.41, 5.74) is 0.0402. The molecule has 3 heteroatoms. The first kappa shape index (κ1) is 13.9. The zero-order valence-corrected chi connectivity index (χ0v) is 11.4. The lowest BCUT2D eigenvalue weighted by Crippen LogP contribution is -2.51. The third-order valence-corrected chi connectivity index (χ3v) is 3.70. The quantitative estimate of drug-likeness (QED) is 0.771. The highest BCUT2D eigenvalue weighted by Gasteiger charge is 2.25. The first-order chi connectivity index (χ1) is 7.48.